The van der Waals surface area contributed by atoms with E-state index in [-0.39, 0.29) is 18.0 Å². The van der Waals surface area contributed by atoms with Gasteiger partial charge in [-0.2, -0.15) is 0 Å². The predicted molar refractivity (Wildman–Crippen MR) is 149 cm³/mol. The number of aryl methyl sites for hydroxylation is 1. The number of hydrogen-bond donors (Lipinski definition) is 3. The molecule has 0 spiro atoms. The number of amides is 1. The lowest BCUT2D eigenvalue weighted by atomic mass is 10.2. The summed E-state index contributed by atoms with van der Waals surface area (Å²) in [6, 6.07) is 17.2. The fourth-order valence-electron chi connectivity index (χ4n) is 3.82. The van der Waals surface area contributed by atoms with Crippen molar-refractivity contribution in [3.05, 3.63) is 102 Å². The molecule has 5 rings (SSSR count). The van der Waals surface area contributed by atoms with Gasteiger partial charge < -0.3 is 33.4 Å². The number of aromatic nitrogens is 3. The van der Waals surface area contributed by atoms with Crippen LogP contribution in [0.4, 0.5) is 5.82 Å². The molecule has 2 aromatic carbocycles. The van der Waals surface area contributed by atoms with E-state index in [1.807, 2.05) is 18.2 Å². The first kappa shape index (κ1) is 27.7. The minimum Gasteiger partial charge on any atom is -0.493 e. The van der Waals surface area contributed by atoms with E-state index in [1.54, 1.807) is 49.5 Å². The van der Waals surface area contributed by atoms with Crippen LogP contribution in [-0.4, -0.2) is 37.6 Å². The molecule has 0 radical (unpaired) electrons. The van der Waals surface area contributed by atoms with Crippen molar-refractivity contribution in [1.29, 1.82) is 0 Å². The Hall–Kier alpha value is -4.90. The Kier molecular flexibility index (Phi) is 7.88. The number of hydrogen-bond acceptors (Lipinski definition) is 8. The van der Waals surface area contributed by atoms with Gasteiger partial charge in [0.2, 0.25) is 0 Å². The number of rotatable bonds is 10. The summed E-state index contributed by atoms with van der Waals surface area (Å²) in [6.07, 6.45) is 4.30. The van der Waals surface area contributed by atoms with Crippen LogP contribution in [0.25, 0.3) is 23.4 Å². The van der Waals surface area contributed by atoms with Gasteiger partial charge in [-0.15, -0.1) is 5.10 Å². The number of furan rings is 1. The molecule has 1 amide bonds. The van der Waals surface area contributed by atoms with Gasteiger partial charge in [0.25, 0.3) is 11.8 Å². The van der Waals surface area contributed by atoms with Crippen LogP contribution in [0.5, 0.6) is 11.5 Å². The minimum atomic E-state index is -4.44. The number of anilines is 1. The van der Waals surface area contributed by atoms with Gasteiger partial charge in [-0.05, 0) is 55.5 Å². The normalized spacial score (nSPS) is 11.6. The quantitative estimate of drug-likeness (QED) is 0.183. The fourth-order valence-corrected chi connectivity index (χ4v) is 4.17. The lowest BCUT2D eigenvalue weighted by Crippen LogP contribution is -2.13. The van der Waals surface area contributed by atoms with Crippen LogP contribution in [0.3, 0.4) is 0 Å². The van der Waals surface area contributed by atoms with E-state index in [2.05, 4.69) is 15.4 Å². The Bertz CT molecular complexity index is 1740. The summed E-state index contributed by atoms with van der Waals surface area (Å²) < 4.78 is 35.2. The summed E-state index contributed by atoms with van der Waals surface area (Å²) >= 11 is 0. The summed E-state index contributed by atoms with van der Waals surface area (Å²) in [5.74, 6) is 2.44. The third-order valence-electron chi connectivity index (χ3n) is 5.86. The monoisotopic (exact) mass is 576 g/mol. The molecule has 0 atom stereocenters. The van der Waals surface area contributed by atoms with E-state index in [4.69, 9.17) is 18.3 Å². The van der Waals surface area contributed by atoms with E-state index < -0.39 is 13.5 Å². The van der Waals surface area contributed by atoms with Gasteiger partial charge in [-0.1, -0.05) is 18.2 Å². The lowest BCUT2D eigenvalue weighted by molar-refractivity contribution is 0.102. The van der Waals surface area contributed by atoms with E-state index in [1.165, 1.54) is 30.2 Å². The standard InChI is InChI=1S/C28H25N4O8P/c1-18-22(29-28(40-18)24-9-6-13-38-24)17-39-23-11-10-19(15-25(23)37-2)27(33)30-26-20(12-14-41(34,35)36)16-32(31-26)21-7-4-3-5-8-21/h3-16H,17H2,1-2H3,(H,30,31,33)(H2,34,35,36)/b14-12+. The van der Waals surface area contributed by atoms with Gasteiger partial charge in [0.1, 0.15) is 18.1 Å². The van der Waals surface area contributed by atoms with Crippen molar-refractivity contribution >= 4 is 25.4 Å². The van der Waals surface area contributed by atoms with Gasteiger partial charge >= 0.3 is 7.60 Å². The zero-order valence-corrected chi connectivity index (χ0v) is 22.8. The predicted octanol–water partition coefficient (Wildman–Crippen LogP) is 5.42. The van der Waals surface area contributed by atoms with Crippen molar-refractivity contribution in [3.63, 3.8) is 0 Å². The molecule has 0 aliphatic heterocycles. The van der Waals surface area contributed by atoms with E-state index >= 15 is 0 Å². The number of para-hydroxylation sites is 1. The maximum absolute atomic E-state index is 13.2. The Balaban J connectivity index is 1.34. The SMILES string of the molecule is COc1cc(C(=O)Nc2nn(-c3ccccc3)cc2/C=C/P(=O)(O)O)ccc1OCc1nc(-c2ccco2)oc1C. The highest BCUT2D eigenvalue weighted by Gasteiger charge is 2.18. The molecule has 0 unspecified atom stereocenters. The number of methoxy groups -OCH3 is 1. The molecule has 41 heavy (non-hydrogen) atoms. The highest BCUT2D eigenvalue weighted by molar-refractivity contribution is 7.55. The number of nitrogens with zero attached hydrogens (tertiary/aromatic N) is 3. The molecule has 0 saturated heterocycles. The van der Waals surface area contributed by atoms with Crippen molar-refractivity contribution in [2.24, 2.45) is 0 Å². The summed E-state index contributed by atoms with van der Waals surface area (Å²) in [5, 5.41) is 7.10. The highest BCUT2D eigenvalue weighted by atomic mass is 31.2. The third kappa shape index (κ3) is 6.64. The summed E-state index contributed by atoms with van der Waals surface area (Å²) in [5.41, 5.74) is 1.81. The molecule has 0 fully saturated rings. The van der Waals surface area contributed by atoms with Gasteiger partial charge in [0, 0.05) is 23.1 Å². The zero-order valence-electron chi connectivity index (χ0n) is 21.9. The first-order valence-electron chi connectivity index (χ1n) is 12.2. The molecule has 3 aromatic heterocycles. The van der Waals surface area contributed by atoms with Gasteiger partial charge in [0.15, 0.2) is 23.1 Å². The molecule has 12 nitrogen and oxygen atoms in total. The molecular formula is C28H25N4O8P. The molecule has 0 aliphatic carbocycles. The Morgan fingerprint density at radius 1 is 1.12 bits per heavy atom. The number of carbonyl (C=O) groups excluding carboxylic acids is 1. The average molecular weight is 577 g/mol. The van der Waals surface area contributed by atoms with Crippen molar-refractivity contribution < 1.29 is 37.5 Å². The number of nitrogens with one attached hydrogen (secondary N) is 1. The fraction of sp³-hybridized carbons (Fsp3) is 0.107. The van der Waals surface area contributed by atoms with Crippen LogP contribution < -0.4 is 14.8 Å². The molecule has 3 heterocycles. The molecule has 5 aromatic rings. The highest BCUT2D eigenvalue weighted by Crippen LogP contribution is 2.37. The second kappa shape index (κ2) is 11.7. The molecule has 13 heteroatoms. The van der Waals surface area contributed by atoms with E-state index in [9.17, 15) is 19.1 Å². The molecule has 210 valence electrons. The minimum absolute atomic E-state index is 0.0874. The third-order valence-corrected chi connectivity index (χ3v) is 6.40. The van der Waals surface area contributed by atoms with Gasteiger partial charge in [-0.3, -0.25) is 9.36 Å². The Morgan fingerprint density at radius 3 is 2.63 bits per heavy atom. The van der Waals surface area contributed by atoms with Crippen LogP contribution in [0.15, 0.2) is 87.8 Å². The first-order chi connectivity index (χ1) is 19.7. The van der Waals surface area contributed by atoms with E-state index in [0.717, 1.165) is 5.82 Å². The molecule has 0 aliphatic rings. The van der Waals surface area contributed by atoms with Crippen molar-refractivity contribution in [1.82, 2.24) is 14.8 Å². The maximum Gasteiger partial charge on any atom is 0.349 e. The number of carbonyl (C=O) groups is 1. The van der Waals surface area contributed by atoms with E-state index in [0.29, 0.717) is 45.9 Å². The van der Waals surface area contributed by atoms with Crippen LogP contribution in [0.2, 0.25) is 0 Å². The van der Waals surface area contributed by atoms with Gasteiger partial charge in [-0.25, -0.2) is 9.67 Å². The average Bonchev–Trinajstić information content (AvgIpc) is 3.71. The maximum atomic E-state index is 13.2. The zero-order chi connectivity index (χ0) is 29.0. The number of ether oxygens (including phenoxy) is 2. The molecule has 0 saturated carbocycles. The Labute approximate surface area is 234 Å². The van der Waals surface area contributed by atoms with Gasteiger partial charge in [0.05, 0.1) is 19.1 Å². The largest absolute Gasteiger partial charge is 0.493 e. The number of benzene rings is 2. The van der Waals surface area contributed by atoms with Crippen LogP contribution in [0.1, 0.15) is 27.4 Å². The van der Waals surface area contributed by atoms with Crippen LogP contribution >= 0.6 is 7.60 Å². The Morgan fingerprint density at radius 2 is 1.93 bits per heavy atom. The van der Waals surface area contributed by atoms with Crippen molar-refractivity contribution in [2.75, 3.05) is 12.4 Å². The topological polar surface area (TPSA) is 162 Å². The molecule has 3 N–H and O–H groups in total. The first-order valence-corrected chi connectivity index (χ1v) is 13.9. The van der Waals surface area contributed by atoms with Crippen LogP contribution in [-0.2, 0) is 11.2 Å². The summed E-state index contributed by atoms with van der Waals surface area (Å²) in [4.78, 5) is 36.2. The smallest absolute Gasteiger partial charge is 0.349 e. The lowest BCUT2D eigenvalue weighted by Gasteiger charge is -2.11. The second-order valence-electron chi connectivity index (χ2n) is 8.73. The summed E-state index contributed by atoms with van der Waals surface area (Å²) in [6.45, 7) is 1.86. The molecular weight excluding hydrogens is 551 g/mol. The van der Waals surface area contributed by atoms with Crippen molar-refractivity contribution in [2.45, 2.75) is 13.5 Å². The van der Waals surface area contributed by atoms with Crippen molar-refractivity contribution in [3.8, 4) is 28.8 Å². The summed E-state index contributed by atoms with van der Waals surface area (Å²) in [7, 11) is -2.99. The van der Waals surface area contributed by atoms with Crippen LogP contribution in [0, 0.1) is 6.92 Å². The number of oxazole rings is 1. The molecule has 0 bridgehead atoms. The second-order valence-corrected chi connectivity index (χ2v) is 10.2.